The third kappa shape index (κ3) is 5.87. The number of rotatable bonds is 5. The van der Waals surface area contributed by atoms with Crippen molar-refractivity contribution in [3.63, 3.8) is 0 Å². The van der Waals surface area contributed by atoms with Crippen molar-refractivity contribution in [1.82, 2.24) is 4.72 Å². The van der Waals surface area contributed by atoms with E-state index in [4.69, 9.17) is 5.73 Å². The molecule has 0 bridgehead atoms. The maximum atomic E-state index is 13.7. The molecule has 0 aliphatic carbocycles. The van der Waals surface area contributed by atoms with Gasteiger partial charge in [-0.1, -0.05) is 0 Å². The van der Waals surface area contributed by atoms with E-state index in [0.29, 0.717) is 6.07 Å². The number of hydrogen-bond donors (Lipinski definition) is 2. The van der Waals surface area contributed by atoms with Crippen molar-refractivity contribution in [2.24, 2.45) is 5.73 Å². The molecule has 6 nitrogen and oxygen atoms in total. The minimum absolute atomic E-state index is 0. The summed E-state index contributed by atoms with van der Waals surface area (Å²) in [6, 6.07) is 2.63. The van der Waals surface area contributed by atoms with Crippen molar-refractivity contribution < 1.29 is 21.2 Å². The van der Waals surface area contributed by atoms with Crippen molar-refractivity contribution in [1.29, 1.82) is 0 Å². The monoisotopic (exact) mass is 360 g/mol. The molecular weight excluding hydrogens is 343 g/mol. The summed E-state index contributed by atoms with van der Waals surface area (Å²) in [6.45, 7) is 3.22. The zero-order chi connectivity index (χ0) is 15.8. The van der Waals surface area contributed by atoms with Gasteiger partial charge in [0.15, 0.2) is 9.84 Å². The first-order valence-corrected chi connectivity index (χ1v) is 8.98. The maximum absolute atomic E-state index is 13.7. The van der Waals surface area contributed by atoms with Gasteiger partial charge in [-0.15, -0.1) is 12.4 Å². The molecule has 0 spiro atoms. The highest BCUT2D eigenvalue weighted by Gasteiger charge is 2.21. The SMILES string of the molecule is CC(C)(N)CNS(=O)(=O)c1ccc(S(C)(=O)=O)c(F)c1.Cl. The molecule has 0 saturated carbocycles. The van der Waals surface area contributed by atoms with Crippen molar-refractivity contribution in [2.45, 2.75) is 29.2 Å². The lowest BCUT2D eigenvalue weighted by Gasteiger charge is -2.19. The standard InChI is InChI=1S/C11H17FN2O4S2.ClH/c1-11(2,13)7-14-20(17,18)8-4-5-10(9(12)6-8)19(3,15)16;/h4-6,14H,7,13H2,1-3H3;1H. The Bertz CT molecular complexity index is 712. The van der Waals surface area contributed by atoms with Gasteiger partial charge >= 0.3 is 0 Å². The molecule has 122 valence electrons. The van der Waals surface area contributed by atoms with E-state index < -0.39 is 36.1 Å². The fraction of sp³-hybridized carbons (Fsp3) is 0.455. The van der Waals surface area contributed by atoms with Crippen molar-refractivity contribution in [3.8, 4) is 0 Å². The van der Waals surface area contributed by atoms with Crippen molar-refractivity contribution in [2.75, 3.05) is 12.8 Å². The normalized spacial score (nSPS) is 12.8. The van der Waals surface area contributed by atoms with Gasteiger partial charge in [-0.05, 0) is 32.0 Å². The van der Waals surface area contributed by atoms with E-state index in [1.165, 1.54) is 0 Å². The number of sulfone groups is 1. The summed E-state index contributed by atoms with van der Waals surface area (Å²) in [5.41, 5.74) is 4.89. The zero-order valence-corrected chi connectivity index (χ0v) is 14.2. The molecular formula is C11H18ClFN2O4S2. The third-order valence-corrected chi connectivity index (χ3v) is 4.86. The summed E-state index contributed by atoms with van der Waals surface area (Å²) in [4.78, 5) is -0.901. The Morgan fingerprint density at radius 1 is 1.24 bits per heavy atom. The molecule has 0 saturated heterocycles. The number of nitrogens with two attached hydrogens (primary N) is 1. The lowest BCUT2D eigenvalue weighted by molar-refractivity contribution is 0.497. The number of nitrogens with one attached hydrogen (secondary N) is 1. The van der Waals surface area contributed by atoms with Gasteiger partial charge in [-0.25, -0.2) is 25.9 Å². The van der Waals surface area contributed by atoms with Gasteiger partial charge in [0.05, 0.1) is 4.90 Å². The summed E-state index contributed by atoms with van der Waals surface area (Å²) in [5.74, 6) is -1.11. The van der Waals surface area contributed by atoms with E-state index in [1.807, 2.05) is 0 Å². The summed E-state index contributed by atoms with van der Waals surface area (Å²) in [7, 11) is -7.68. The Morgan fingerprint density at radius 2 is 1.76 bits per heavy atom. The van der Waals surface area contributed by atoms with Gasteiger partial charge in [0.1, 0.15) is 10.7 Å². The van der Waals surface area contributed by atoms with Crippen molar-refractivity contribution >= 4 is 32.3 Å². The van der Waals surface area contributed by atoms with Crippen LogP contribution in [0.1, 0.15) is 13.8 Å². The van der Waals surface area contributed by atoms with Gasteiger partial charge in [0, 0.05) is 18.3 Å². The maximum Gasteiger partial charge on any atom is 0.240 e. The molecule has 0 aliphatic heterocycles. The molecule has 0 fully saturated rings. The third-order valence-electron chi connectivity index (χ3n) is 2.33. The summed E-state index contributed by atoms with van der Waals surface area (Å²) >= 11 is 0. The fourth-order valence-electron chi connectivity index (χ4n) is 1.31. The van der Waals surface area contributed by atoms with Crippen LogP contribution < -0.4 is 10.5 Å². The lowest BCUT2D eigenvalue weighted by Crippen LogP contribution is -2.45. The Kier molecular flexibility index (Phi) is 6.34. The Morgan fingerprint density at radius 3 is 2.14 bits per heavy atom. The minimum atomic E-state index is -3.94. The largest absolute Gasteiger partial charge is 0.324 e. The topological polar surface area (TPSA) is 106 Å². The molecule has 3 N–H and O–H groups in total. The molecule has 0 amide bonds. The summed E-state index contributed by atoms with van der Waals surface area (Å²) in [6.07, 6.45) is 0.842. The summed E-state index contributed by atoms with van der Waals surface area (Å²) < 4.78 is 62.2. The van der Waals surface area contributed by atoms with Gasteiger partial charge < -0.3 is 5.73 Å². The van der Waals surface area contributed by atoms with Crippen LogP contribution in [0.15, 0.2) is 28.0 Å². The second-order valence-corrected chi connectivity index (χ2v) is 8.93. The molecule has 0 heterocycles. The molecule has 1 aromatic rings. The molecule has 0 radical (unpaired) electrons. The van der Waals surface area contributed by atoms with Gasteiger partial charge in [-0.2, -0.15) is 0 Å². The van der Waals surface area contributed by atoms with Crippen molar-refractivity contribution in [3.05, 3.63) is 24.0 Å². The number of hydrogen-bond acceptors (Lipinski definition) is 5. The van der Waals surface area contributed by atoms with Gasteiger partial charge in [0.25, 0.3) is 0 Å². The average Bonchev–Trinajstić information content (AvgIpc) is 2.24. The van der Waals surface area contributed by atoms with E-state index in [1.54, 1.807) is 13.8 Å². The molecule has 1 aromatic carbocycles. The van der Waals surface area contributed by atoms with Crippen LogP contribution in [-0.4, -0.2) is 35.2 Å². The number of benzene rings is 1. The Balaban J connectivity index is 0.00000400. The molecule has 0 aromatic heterocycles. The second kappa shape index (κ2) is 6.57. The predicted octanol–water partition coefficient (Wildman–Crippen LogP) is 0.667. The second-order valence-electron chi connectivity index (χ2n) is 5.18. The molecule has 10 heteroatoms. The predicted molar refractivity (Wildman–Crippen MR) is 80.2 cm³/mol. The smallest absolute Gasteiger partial charge is 0.240 e. The first-order valence-electron chi connectivity index (χ1n) is 5.61. The van der Waals surface area contributed by atoms with Crippen LogP contribution in [0.5, 0.6) is 0 Å². The van der Waals surface area contributed by atoms with Crippen LogP contribution >= 0.6 is 12.4 Å². The molecule has 0 atom stereocenters. The van der Waals surface area contributed by atoms with Crippen LogP contribution in [0.2, 0.25) is 0 Å². The highest BCUT2D eigenvalue weighted by Crippen LogP contribution is 2.19. The summed E-state index contributed by atoms with van der Waals surface area (Å²) in [5, 5.41) is 0. The molecule has 1 rings (SSSR count). The van der Waals surface area contributed by atoms with E-state index in [0.717, 1.165) is 18.4 Å². The Labute approximate surface area is 130 Å². The van der Waals surface area contributed by atoms with Gasteiger partial charge in [0.2, 0.25) is 10.0 Å². The highest BCUT2D eigenvalue weighted by atomic mass is 35.5. The first-order chi connectivity index (χ1) is 8.83. The van der Waals surface area contributed by atoms with Gasteiger partial charge in [-0.3, -0.25) is 0 Å². The average molecular weight is 361 g/mol. The highest BCUT2D eigenvalue weighted by molar-refractivity contribution is 7.90. The van der Waals surface area contributed by atoms with Crippen LogP contribution in [-0.2, 0) is 19.9 Å². The molecule has 21 heavy (non-hydrogen) atoms. The van der Waals surface area contributed by atoms with E-state index in [-0.39, 0.29) is 23.8 Å². The number of halogens is 2. The van der Waals surface area contributed by atoms with E-state index in [9.17, 15) is 21.2 Å². The Hall–Kier alpha value is -0.740. The minimum Gasteiger partial charge on any atom is -0.324 e. The van der Waals surface area contributed by atoms with E-state index >= 15 is 0 Å². The molecule has 0 aliphatic rings. The lowest BCUT2D eigenvalue weighted by atomic mass is 10.1. The van der Waals surface area contributed by atoms with Crippen LogP contribution in [0.25, 0.3) is 0 Å². The number of sulfonamides is 1. The van der Waals surface area contributed by atoms with Crippen LogP contribution in [0.4, 0.5) is 4.39 Å². The van der Waals surface area contributed by atoms with Crippen LogP contribution in [0.3, 0.4) is 0 Å². The first kappa shape index (κ1) is 20.3. The quantitative estimate of drug-likeness (QED) is 0.802. The zero-order valence-electron chi connectivity index (χ0n) is 11.8. The van der Waals surface area contributed by atoms with Crippen LogP contribution in [0, 0.1) is 5.82 Å². The molecule has 0 unspecified atom stereocenters. The van der Waals surface area contributed by atoms with E-state index in [2.05, 4.69) is 4.72 Å². The fourth-order valence-corrected chi connectivity index (χ4v) is 3.28.